The monoisotopic (exact) mass is 398 g/mol. The van der Waals surface area contributed by atoms with Crippen molar-refractivity contribution in [3.8, 4) is 6.07 Å². The molecule has 0 amide bonds. The second kappa shape index (κ2) is 8.94. The second-order valence-corrected chi connectivity index (χ2v) is 6.99. The molecule has 1 aromatic heterocycles. The molecule has 0 aliphatic rings. The van der Waals surface area contributed by atoms with E-state index in [0.29, 0.717) is 23.2 Å². The molecule has 3 rings (SSSR count). The molecule has 0 saturated carbocycles. The molecule has 0 aliphatic heterocycles. The first-order valence-corrected chi connectivity index (χ1v) is 9.77. The Labute approximate surface area is 169 Å². The number of benzene rings is 2. The van der Waals surface area contributed by atoms with Crippen LogP contribution < -0.4 is 4.90 Å². The maximum Gasteiger partial charge on any atom is 0.149 e. The number of nitriles is 1. The van der Waals surface area contributed by atoms with Crippen LogP contribution in [0.4, 0.5) is 5.69 Å². The number of rotatable bonds is 7. The van der Waals surface area contributed by atoms with E-state index in [0.717, 1.165) is 40.9 Å². The SMILES string of the molecule is Cc1ccc2nc(/C(C#N)=C\c3ccc(N(CCCl)CCCl)cc3)[nH]c2c1. The molecule has 0 unspecified atom stereocenters. The van der Waals surface area contributed by atoms with Gasteiger partial charge in [-0.25, -0.2) is 4.98 Å². The van der Waals surface area contributed by atoms with Gasteiger partial charge in [-0.15, -0.1) is 23.2 Å². The molecule has 138 valence electrons. The Hall–Kier alpha value is -2.48. The van der Waals surface area contributed by atoms with Gasteiger partial charge < -0.3 is 9.88 Å². The summed E-state index contributed by atoms with van der Waals surface area (Å²) in [5.41, 5.74) is 5.42. The molecule has 0 saturated heterocycles. The summed E-state index contributed by atoms with van der Waals surface area (Å²) in [7, 11) is 0. The number of halogens is 2. The number of aromatic amines is 1. The molecule has 1 N–H and O–H groups in total. The fourth-order valence-corrected chi connectivity index (χ4v) is 3.33. The predicted molar refractivity (Wildman–Crippen MR) is 114 cm³/mol. The molecule has 1 heterocycles. The van der Waals surface area contributed by atoms with Crippen LogP contribution in [0.25, 0.3) is 22.7 Å². The Morgan fingerprint density at radius 2 is 1.85 bits per heavy atom. The highest BCUT2D eigenvalue weighted by Crippen LogP contribution is 2.22. The molecule has 0 spiro atoms. The third kappa shape index (κ3) is 4.63. The maximum absolute atomic E-state index is 9.59. The Kier molecular flexibility index (Phi) is 6.39. The Bertz CT molecular complexity index is 978. The van der Waals surface area contributed by atoms with Crippen molar-refractivity contribution < 1.29 is 0 Å². The second-order valence-electron chi connectivity index (χ2n) is 6.23. The molecule has 27 heavy (non-hydrogen) atoms. The summed E-state index contributed by atoms with van der Waals surface area (Å²) in [6, 6.07) is 16.2. The number of H-pyrrole nitrogens is 1. The molecule has 2 aromatic carbocycles. The highest BCUT2D eigenvalue weighted by Gasteiger charge is 2.09. The Morgan fingerprint density at radius 3 is 2.48 bits per heavy atom. The van der Waals surface area contributed by atoms with E-state index in [9.17, 15) is 5.26 Å². The van der Waals surface area contributed by atoms with E-state index in [-0.39, 0.29) is 0 Å². The van der Waals surface area contributed by atoms with Gasteiger partial charge in [0.05, 0.1) is 16.6 Å². The number of hydrogen-bond donors (Lipinski definition) is 1. The van der Waals surface area contributed by atoms with E-state index < -0.39 is 0 Å². The van der Waals surface area contributed by atoms with Crippen LogP contribution in [0, 0.1) is 18.3 Å². The first-order valence-electron chi connectivity index (χ1n) is 8.70. The summed E-state index contributed by atoms with van der Waals surface area (Å²) in [6.07, 6.45) is 1.84. The molecule has 0 aliphatic carbocycles. The fourth-order valence-electron chi connectivity index (χ4n) is 2.93. The molecule has 3 aromatic rings. The number of aryl methyl sites for hydroxylation is 1. The van der Waals surface area contributed by atoms with Crippen molar-refractivity contribution in [2.45, 2.75) is 6.92 Å². The Balaban J connectivity index is 1.87. The van der Waals surface area contributed by atoms with Crippen LogP contribution in [0.5, 0.6) is 0 Å². The van der Waals surface area contributed by atoms with Crippen LogP contribution in [0.3, 0.4) is 0 Å². The number of nitrogens with zero attached hydrogens (tertiary/aromatic N) is 3. The van der Waals surface area contributed by atoms with Crippen molar-refractivity contribution in [2.24, 2.45) is 0 Å². The van der Waals surface area contributed by atoms with E-state index >= 15 is 0 Å². The number of anilines is 1. The van der Waals surface area contributed by atoms with E-state index in [1.807, 2.05) is 55.5 Å². The summed E-state index contributed by atoms with van der Waals surface area (Å²) in [5.74, 6) is 1.67. The van der Waals surface area contributed by atoms with Gasteiger partial charge in [-0.1, -0.05) is 18.2 Å². The van der Waals surface area contributed by atoms with Gasteiger partial charge in [-0.05, 0) is 48.4 Å². The summed E-state index contributed by atoms with van der Waals surface area (Å²) in [6.45, 7) is 3.51. The van der Waals surface area contributed by atoms with Crippen molar-refractivity contribution >= 4 is 51.6 Å². The number of alkyl halides is 2. The van der Waals surface area contributed by atoms with Crippen LogP contribution in [-0.2, 0) is 0 Å². The smallest absolute Gasteiger partial charge is 0.149 e. The van der Waals surface area contributed by atoms with Gasteiger partial charge in [0.1, 0.15) is 11.9 Å². The van der Waals surface area contributed by atoms with Gasteiger partial charge in [0.25, 0.3) is 0 Å². The minimum absolute atomic E-state index is 0.495. The number of allylic oxidation sites excluding steroid dienone is 1. The zero-order valence-corrected chi connectivity index (χ0v) is 16.6. The average Bonchev–Trinajstić information content (AvgIpc) is 3.09. The summed E-state index contributed by atoms with van der Waals surface area (Å²) >= 11 is 11.7. The van der Waals surface area contributed by atoms with E-state index in [2.05, 4.69) is 20.9 Å². The minimum Gasteiger partial charge on any atom is -0.369 e. The number of imidazole rings is 1. The average molecular weight is 399 g/mol. The highest BCUT2D eigenvalue weighted by atomic mass is 35.5. The molecule has 0 atom stereocenters. The lowest BCUT2D eigenvalue weighted by Gasteiger charge is -2.22. The molecule has 4 nitrogen and oxygen atoms in total. The number of aromatic nitrogens is 2. The largest absolute Gasteiger partial charge is 0.369 e. The molecule has 0 fully saturated rings. The Morgan fingerprint density at radius 1 is 1.15 bits per heavy atom. The molecular formula is C21H20Cl2N4. The lowest BCUT2D eigenvalue weighted by atomic mass is 10.1. The van der Waals surface area contributed by atoms with Gasteiger partial charge in [0.2, 0.25) is 0 Å². The lowest BCUT2D eigenvalue weighted by Crippen LogP contribution is -2.27. The van der Waals surface area contributed by atoms with Crippen LogP contribution >= 0.6 is 23.2 Å². The van der Waals surface area contributed by atoms with Crippen LogP contribution in [0.2, 0.25) is 0 Å². The molecule has 0 bridgehead atoms. The van der Waals surface area contributed by atoms with Gasteiger partial charge >= 0.3 is 0 Å². The van der Waals surface area contributed by atoms with Gasteiger partial charge in [-0.2, -0.15) is 5.26 Å². The number of fused-ring (bicyclic) bond motifs is 1. The van der Waals surface area contributed by atoms with Gasteiger partial charge in [0, 0.05) is 30.5 Å². The van der Waals surface area contributed by atoms with Crippen LogP contribution in [0.1, 0.15) is 17.0 Å². The summed E-state index contributed by atoms with van der Waals surface area (Å²) in [4.78, 5) is 9.90. The lowest BCUT2D eigenvalue weighted by molar-refractivity contribution is 0.874. The predicted octanol–water partition coefficient (Wildman–Crippen LogP) is 5.22. The first kappa shape index (κ1) is 19.3. The normalized spacial score (nSPS) is 11.6. The van der Waals surface area contributed by atoms with Crippen molar-refractivity contribution in [3.05, 3.63) is 59.4 Å². The minimum atomic E-state index is 0.495. The van der Waals surface area contributed by atoms with E-state index in [4.69, 9.17) is 23.2 Å². The van der Waals surface area contributed by atoms with Crippen molar-refractivity contribution in [2.75, 3.05) is 29.7 Å². The third-order valence-corrected chi connectivity index (χ3v) is 4.63. The zero-order chi connectivity index (χ0) is 19.2. The van der Waals surface area contributed by atoms with Crippen molar-refractivity contribution in [1.29, 1.82) is 5.26 Å². The molecule has 0 radical (unpaired) electrons. The first-order chi connectivity index (χ1) is 13.1. The van der Waals surface area contributed by atoms with Crippen molar-refractivity contribution in [1.82, 2.24) is 9.97 Å². The number of hydrogen-bond acceptors (Lipinski definition) is 3. The zero-order valence-electron chi connectivity index (χ0n) is 15.0. The van der Waals surface area contributed by atoms with Gasteiger partial charge in [-0.3, -0.25) is 0 Å². The quantitative estimate of drug-likeness (QED) is 0.438. The molecular weight excluding hydrogens is 379 g/mol. The van der Waals surface area contributed by atoms with Crippen LogP contribution in [0.15, 0.2) is 42.5 Å². The third-order valence-electron chi connectivity index (χ3n) is 4.29. The maximum atomic E-state index is 9.59. The van der Waals surface area contributed by atoms with Gasteiger partial charge in [0.15, 0.2) is 0 Å². The fraction of sp³-hybridized carbons (Fsp3) is 0.238. The van der Waals surface area contributed by atoms with Crippen LogP contribution in [-0.4, -0.2) is 34.8 Å². The summed E-state index contributed by atoms with van der Waals surface area (Å²) in [5, 5.41) is 9.59. The number of nitrogens with one attached hydrogen (secondary N) is 1. The molecule has 6 heteroatoms. The van der Waals surface area contributed by atoms with Crippen molar-refractivity contribution in [3.63, 3.8) is 0 Å². The standard InChI is InChI=1S/C21H20Cl2N4/c1-15-2-7-19-20(12-15)26-21(25-19)17(14-24)13-16-3-5-18(6-4-16)27(10-8-22)11-9-23/h2-7,12-13H,8-11H2,1H3,(H,25,26)/b17-13-. The highest BCUT2D eigenvalue weighted by molar-refractivity contribution is 6.18. The summed E-state index contributed by atoms with van der Waals surface area (Å²) < 4.78 is 0. The van der Waals surface area contributed by atoms with E-state index in [1.165, 1.54) is 0 Å². The topological polar surface area (TPSA) is 55.7 Å². The van der Waals surface area contributed by atoms with E-state index in [1.54, 1.807) is 0 Å².